The van der Waals surface area contributed by atoms with Gasteiger partial charge in [0.1, 0.15) is 5.75 Å². The molecule has 0 aliphatic rings. The molecule has 0 atom stereocenters. The summed E-state index contributed by atoms with van der Waals surface area (Å²) in [7, 11) is -2.73. The van der Waals surface area contributed by atoms with Crippen molar-refractivity contribution < 1.29 is 21.9 Å². The lowest BCUT2D eigenvalue weighted by molar-refractivity contribution is 0.437. The second-order valence-electron chi connectivity index (χ2n) is 6.22. The summed E-state index contributed by atoms with van der Waals surface area (Å²) in [5.41, 5.74) is 1.42. The van der Waals surface area contributed by atoms with Gasteiger partial charge < -0.3 is 4.74 Å². The Bertz CT molecular complexity index is 1190. The van der Waals surface area contributed by atoms with Gasteiger partial charge in [-0.2, -0.15) is 8.42 Å². The zero-order valence-electron chi connectivity index (χ0n) is 15.9. The first-order chi connectivity index (χ1) is 14.2. The van der Waals surface area contributed by atoms with Crippen LogP contribution in [0.3, 0.4) is 0 Å². The molecule has 1 aromatic carbocycles. The molecule has 2 heterocycles. The molecule has 158 valence electrons. The van der Waals surface area contributed by atoms with E-state index in [0.717, 1.165) is 6.07 Å². The minimum absolute atomic E-state index is 0.0275. The highest BCUT2D eigenvalue weighted by Gasteiger charge is 2.17. The van der Waals surface area contributed by atoms with Crippen molar-refractivity contribution in [3.8, 4) is 11.5 Å². The van der Waals surface area contributed by atoms with Gasteiger partial charge in [-0.3, -0.25) is 9.71 Å². The van der Waals surface area contributed by atoms with Crippen molar-refractivity contribution in [1.29, 1.82) is 0 Å². The number of ether oxygens (including phenoxy) is 1. The molecule has 0 aliphatic heterocycles. The van der Waals surface area contributed by atoms with Gasteiger partial charge in [-0.05, 0) is 47.9 Å². The Hall–Kier alpha value is -2.82. The first-order valence-electron chi connectivity index (χ1n) is 8.61. The predicted octanol–water partition coefficient (Wildman–Crippen LogP) is 3.98. The molecule has 0 amide bonds. The van der Waals surface area contributed by atoms with Gasteiger partial charge >= 0.3 is 0 Å². The molecule has 0 saturated carbocycles. The van der Waals surface area contributed by atoms with E-state index in [-0.39, 0.29) is 22.8 Å². The third kappa shape index (κ3) is 5.02. The topological polar surface area (TPSA) is 93.2 Å². The van der Waals surface area contributed by atoms with Crippen molar-refractivity contribution >= 4 is 27.6 Å². The van der Waals surface area contributed by atoms with E-state index in [1.54, 1.807) is 6.92 Å². The van der Waals surface area contributed by atoms with Gasteiger partial charge in [0.05, 0.1) is 6.20 Å². The maximum Gasteiger partial charge on any atom is 0.300 e. The van der Waals surface area contributed by atoms with Crippen LogP contribution in [-0.2, 0) is 16.6 Å². The molecule has 0 fully saturated rings. The van der Waals surface area contributed by atoms with E-state index in [9.17, 15) is 17.2 Å². The van der Waals surface area contributed by atoms with Crippen molar-refractivity contribution in [2.75, 3.05) is 11.8 Å². The molecule has 30 heavy (non-hydrogen) atoms. The van der Waals surface area contributed by atoms with E-state index in [0.29, 0.717) is 16.9 Å². The average Bonchev–Trinajstić information content (AvgIpc) is 2.69. The highest BCUT2D eigenvalue weighted by atomic mass is 35.5. The highest BCUT2D eigenvalue weighted by Crippen LogP contribution is 2.31. The Morgan fingerprint density at radius 2 is 1.90 bits per heavy atom. The van der Waals surface area contributed by atoms with Gasteiger partial charge in [0.2, 0.25) is 0 Å². The monoisotopic (exact) mass is 454 g/mol. The van der Waals surface area contributed by atoms with E-state index >= 15 is 0 Å². The summed E-state index contributed by atoms with van der Waals surface area (Å²) in [5, 5.41) is 0.237. The molecule has 3 aromatic rings. The molecular weight excluding hydrogens is 438 g/mol. The first kappa shape index (κ1) is 21.9. The summed E-state index contributed by atoms with van der Waals surface area (Å²) in [5.74, 6) is -1.61. The molecule has 2 aromatic heterocycles. The van der Waals surface area contributed by atoms with Crippen LogP contribution in [0.5, 0.6) is 11.5 Å². The van der Waals surface area contributed by atoms with Crippen molar-refractivity contribution in [3.05, 3.63) is 76.2 Å². The fraction of sp³-hybridized carbons (Fsp3) is 0.158. The number of hydrogen-bond acceptors (Lipinski definition) is 5. The second kappa shape index (κ2) is 8.90. The number of nitrogens with zero attached hydrogens (tertiary/aromatic N) is 2. The summed E-state index contributed by atoms with van der Waals surface area (Å²) in [6.07, 6.45) is 4.32. The zero-order chi connectivity index (χ0) is 21.9. The maximum atomic E-state index is 14.8. The summed E-state index contributed by atoms with van der Waals surface area (Å²) in [6.45, 7) is 1.73. The Balaban J connectivity index is 1.89. The molecule has 0 bridgehead atoms. The molecule has 2 N–H and O–H groups in total. The molecule has 0 saturated heterocycles. The van der Waals surface area contributed by atoms with Crippen molar-refractivity contribution in [3.63, 3.8) is 0 Å². The standard InChI is InChI=1S/C19H17ClF2N4O3S/c1-11-13(7-12-5-6-25-19(18(12)22)26-30(27,28)23-2)9-24-10-17(11)29-16-4-3-14(20)8-15(16)21/h3-6,8-10,23H,7H2,1-2H3,(H,25,26). The van der Waals surface area contributed by atoms with Crippen LogP contribution in [0.15, 0.2) is 42.9 Å². The molecular formula is C19H17ClF2N4O3S. The quantitative estimate of drug-likeness (QED) is 0.563. The summed E-state index contributed by atoms with van der Waals surface area (Å²) in [4.78, 5) is 7.80. The van der Waals surface area contributed by atoms with Crippen LogP contribution in [0.1, 0.15) is 16.7 Å². The lowest BCUT2D eigenvalue weighted by Crippen LogP contribution is -2.27. The van der Waals surface area contributed by atoms with E-state index in [2.05, 4.69) is 9.97 Å². The predicted molar refractivity (Wildman–Crippen MR) is 109 cm³/mol. The van der Waals surface area contributed by atoms with Crippen molar-refractivity contribution in [1.82, 2.24) is 14.7 Å². The van der Waals surface area contributed by atoms with Crippen LogP contribution in [-0.4, -0.2) is 25.4 Å². The minimum Gasteiger partial charge on any atom is -0.452 e. The fourth-order valence-electron chi connectivity index (χ4n) is 2.58. The number of benzene rings is 1. The van der Waals surface area contributed by atoms with Gasteiger partial charge in [0.25, 0.3) is 10.2 Å². The number of pyridine rings is 2. The van der Waals surface area contributed by atoms with E-state index in [1.165, 1.54) is 43.8 Å². The highest BCUT2D eigenvalue weighted by molar-refractivity contribution is 7.90. The van der Waals surface area contributed by atoms with E-state index in [1.807, 2.05) is 9.44 Å². The second-order valence-corrected chi connectivity index (χ2v) is 8.27. The minimum atomic E-state index is -3.92. The van der Waals surface area contributed by atoms with Gasteiger partial charge in [-0.25, -0.2) is 18.5 Å². The van der Waals surface area contributed by atoms with Crippen LogP contribution >= 0.6 is 11.6 Å². The van der Waals surface area contributed by atoms with E-state index in [4.69, 9.17) is 16.3 Å². The summed E-state index contributed by atoms with van der Waals surface area (Å²) < 4.78 is 61.7. The maximum absolute atomic E-state index is 14.8. The first-order valence-corrected chi connectivity index (χ1v) is 10.5. The molecule has 7 nitrogen and oxygen atoms in total. The summed E-state index contributed by atoms with van der Waals surface area (Å²) >= 11 is 5.75. The van der Waals surface area contributed by atoms with Crippen molar-refractivity contribution in [2.24, 2.45) is 0 Å². The smallest absolute Gasteiger partial charge is 0.300 e. The number of halogens is 3. The number of hydrogen-bond donors (Lipinski definition) is 2. The molecule has 0 unspecified atom stereocenters. The van der Waals surface area contributed by atoms with Gasteiger partial charge in [0.15, 0.2) is 23.2 Å². The van der Waals surface area contributed by atoms with Crippen molar-refractivity contribution in [2.45, 2.75) is 13.3 Å². The molecule has 11 heteroatoms. The molecule has 0 spiro atoms. The largest absolute Gasteiger partial charge is 0.452 e. The molecule has 3 rings (SSSR count). The van der Waals surface area contributed by atoms with Gasteiger partial charge in [-0.15, -0.1) is 0 Å². The zero-order valence-corrected chi connectivity index (χ0v) is 17.5. The Morgan fingerprint density at radius 3 is 2.60 bits per heavy atom. The fourth-order valence-corrected chi connectivity index (χ4v) is 3.24. The molecule has 0 radical (unpaired) electrons. The van der Waals surface area contributed by atoms with Crippen LogP contribution < -0.4 is 14.2 Å². The average molecular weight is 455 g/mol. The van der Waals surface area contributed by atoms with Gasteiger partial charge in [0, 0.05) is 30.9 Å². The number of nitrogens with one attached hydrogen (secondary N) is 2. The Morgan fingerprint density at radius 1 is 1.13 bits per heavy atom. The lowest BCUT2D eigenvalue weighted by atomic mass is 10.0. The van der Waals surface area contributed by atoms with Crippen LogP contribution in [0.2, 0.25) is 5.02 Å². The van der Waals surface area contributed by atoms with Gasteiger partial charge in [-0.1, -0.05) is 11.6 Å². The SMILES string of the molecule is CNS(=O)(=O)Nc1nccc(Cc2cncc(Oc3ccc(Cl)cc3F)c2C)c1F. The van der Waals surface area contributed by atoms with E-state index < -0.39 is 27.7 Å². The summed E-state index contributed by atoms with van der Waals surface area (Å²) in [6, 6.07) is 5.45. The third-order valence-electron chi connectivity index (χ3n) is 4.24. The number of rotatable bonds is 7. The number of aromatic nitrogens is 2. The number of anilines is 1. The normalized spacial score (nSPS) is 11.4. The van der Waals surface area contributed by atoms with Crippen LogP contribution in [0.4, 0.5) is 14.6 Å². The molecule has 0 aliphatic carbocycles. The Labute approximate surface area is 177 Å². The van der Waals surface area contributed by atoms with Crippen LogP contribution in [0.25, 0.3) is 0 Å². The third-order valence-corrected chi connectivity index (χ3v) is 5.47. The van der Waals surface area contributed by atoms with Crippen LogP contribution in [0, 0.1) is 18.6 Å². The Kier molecular flexibility index (Phi) is 6.49. The lowest BCUT2D eigenvalue weighted by Gasteiger charge is -2.14.